The Morgan fingerprint density at radius 3 is 1.73 bits per heavy atom. The van der Waals surface area contributed by atoms with Crippen molar-refractivity contribution in [1.29, 1.82) is 0 Å². The summed E-state index contributed by atoms with van der Waals surface area (Å²) in [6.45, 7) is 2.11. The van der Waals surface area contributed by atoms with E-state index in [0.717, 1.165) is 66.4 Å². The molecule has 0 aliphatic heterocycles. The van der Waals surface area contributed by atoms with Gasteiger partial charge in [0.05, 0.1) is 11.0 Å². The highest BCUT2D eigenvalue weighted by Gasteiger charge is 2.19. The molecule has 0 N–H and O–H groups in total. The SMILES string of the molecule is Cc1ccc(-c2ccc3c4ccccc4n(-c4ccc(-c5cccc(F)c5)c(-c5nc(-c6ccccc6)nc(-c6ccccc6)n5)c4)c3c2)cc1. The number of hydrogen-bond donors (Lipinski definition) is 0. The molecule has 7 aromatic carbocycles. The van der Waals surface area contributed by atoms with E-state index in [2.05, 4.69) is 96.4 Å². The molecule has 242 valence electrons. The van der Waals surface area contributed by atoms with E-state index in [-0.39, 0.29) is 5.82 Å². The Morgan fingerprint density at radius 1 is 0.412 bits per heavy atom. The average Bonchev–Trinajstić information content (AvgIpc) is 3.52. The predicted octanol–water partition coefficient (Wildman–Crippen LogP) is 11.8. The topological polar surface area (TPSA) is 43.6 Å². The van der Waals surface area contributed by atoms with Gasteiger partial charge in [-0.2, -0.15) is 0 Å². The van der Waals surface area contributed by atoms with Crippen molar-refractivity contribution in [2.45, 2.75) is 6.92 Å². The van der Waals surface area contributed by atoms with E-state index in [1.165, 1.54) is 11.6 Å². The van der Waals surface area contributed by atoms with Crippen molar-refractivity contribution in [3.05, 3.63) is 181 Å². The molecule has 9 aromatic rings. The predicted molar refractivity (Wildman–Crippen MR) is 206 cm³/mol. The second kappa shape index (κ2) is 12.6. The number of fused-ring (bicyclic) bond motifs is 3. The van der Waals surface area contributed by atoms with E-state index >= 15 is 0 Å². The fraction of sp³-hybridized carbons (Fsp3) is 0.0217. The maximum Gasteiger partial charge on any atom is 0.164 e. The van der Waals surface area contributed by atoms with Crippen molar-refractivity contribution < 1.29 is 4.39 Å². The van der Waals surface area contributed by atoms with Gasteiger partial charge in [-0.05, 0) is 65.6 Å². The normalized spacial score (nSPS) is 11.3. The average molecular weight is 659 g/mol. The van der Waals surface area contributed by atoms with Gasteiger partial charge in [0.1, 0.15) is 5.82 Å². The van der Waals surface area contributed by atoms with E-state index < -0.39 is 0 Å². The van der Waals surface area contributed by atoms with Crippen LogP contribution in [-0.2, 0) is 0 Å². The van der Waals surface area contributed by atoms with E-state index in [0.29, 0.717) is 17.5 Å². The molecule has 0 spiro atoms. The fourth-order valence-corrected chi connectivity index (χ4v) is 6.87. The molecule has 5 heteroatoms. The van der Waals surface area contributed by atoms with Crippen molar-refractivity contribution in [3.8, 4) is 62.1 Å². The summed E-state index contributed by atoms with van der Waals surface area (Å²) >= 11 is 0. The molecular formula is C46H31FN4. The molecule has 51 heavy (non-hydrogen) atoms. The molecule has 2 heterocycles. The van der Waals surface area contributed by atoms with Gasteiger partial charge in [-0.15, -0.1) is 0 Å². The number of hydrogen-bond acceptors (Lipinski definition) is 3. The molecule has 0 radical (unpaired) electrons. The van der Waals surface area contributed by atoms with Crippen molar-refractivity contribution in [1.82, 2.24) is 19.5 Å². The standard InChI is InChI=1S/C46H31FN4/c1-30-19-21-31(22-20-30)34-23-25-40-39-17-8-9-18-42(39)51(43(40)28-34)37-24-26-38(35-15-10-16-36(47)27-35)41(29-37)46-49-44(32-11-4-2-5-12-32)48-45(50-46)33-13-6-3-7-14-33/h2-29H,1H3. The van der Waals surface area contributed by atoms with Gasteiger partial charge in [0.2, 0.25) is 0 Å². The second-order valence-corrected chi connectivity index (χ2v) is 12.7. The molecule has 0 bridgehead atoms. The molecule has 0 unspecified atom stereocenters. The Labute approximate surface area is 295 Å². The Balaban J connectivity index is 1.32. The number of aromatic nitrogens is 4. The van der Waals surface area contributed by atoms with Gasteiger partial charge in [-0.3, -0.25) is 0 Å². The maximum atomic E-state index is 14.8. The van der Waals surface area contributed by atoms with Crippen LogP contribution in [0.15, 0.2) is 170 Å². The molecule has 0 aliphatic rings. The lowest BCUT2D eigenvalue weighted by Crippen LogP contribution is -2.02. The number of halogens is 1. The monoisotopic (exact) mass is 658 g/mol. The lowest BCUT2D eigenvalue weighted by molar-refractivity contribution is 0.628. The van der Waals surface area contributed by atoms with Crippen LogP contribution in [0.5, 0.6) is 0 Å². The smallest absolute Gasteiger partial charge is 0.164 e. The molecule has 0 saturated carbocycles. The van der Waals surface area contributed by atoms with Gasteiger partial charge in [0.15, 0.2) is 17.5 Å². The summed E-state index contributed by atoms with van der Waals surface area (Å²) in [7, 11) is 0. The maximum absolute atomic E-state index is 14.8. The molecule has 0 amide bonds. The van der Waals surface area contributed by atoms with Gasteiger partial charge in [-0.25, -0.2) is 19.3 Å². The fourth-order valence-electron chi connectivity index (χ4n) is 6.87. The number of benzene rings is 7. The van der Waals surface area contributed by atoms with Crippen molar-refractivity contribution in [3.63, 3.8) is 0 Å². The van der Waals surface area contributed by atoms with Crippen LogP contribution in [0.3, 0.4) is 0 Å². The zero-order valence-corrected chi connectivity index (χ0v) is 27.8. The van der Waals surface area contributed by atoms with Crippen LogP contribution in [-0.4, -0.2) is 19.5 Å². The van der Waals surface area contributed by atoms with Crippen LogP contribution in [0.2, 0.25) is 0 Å². The summed E-state index contributed by atoms with van der Waals surface area (Å²) in [6.07, 6.45) is 0. The number of rotatable bonds is 6. The van der Waals surface area contributed by atoms with Crippen molar-refractivity contribution >= 4 is 21.8 Å². The molecule has 4 nitrogen and oxygen atoms in total. The minimum absolute atomic E-state index is 0.306. The highest BCUT2D eigenvalue weighted by Crippen LogP contribution is 2.39. The minimum Gasteiger partial charge on any atom is -0.309 e. The van der Waals surface area contributed by atoms with Crippen LogP contribution in [0, 0.1) is 12.7 Å². The van der Waals surface area contributed by atoms with Crippen LogP contribution in [0.4, 0.5) is 4.39 Å². The van der Waals surface area contributed by atoms with Crippen molar-refractivity contribution in [2.24, 2.45) is 0 Å². The highest BCUT2D eigenvalue weighted by molar-refractivity contribution is 6.10. The van der Waals surface area contributed by atoms with Crippen LogP contribution in [0.25, 0.3) is 83.9 Å². The third-order valence-corrected chi connectivity index (χ3v) is 9.40. The minimum atomic E-state index is -0.306. The van der Waals surface area contributed by atoms with E-state index in [1.807, 2.05) is 66.7 Å². The zero-order chi connectivity index (χ0) is 34.3. The molecule has 0 fully saturated rings. The van der Waals surface area contributed by atoms with E-state index in [4.69, 9.17) is 15.0 Å². The quantitative estimate of drug-likeness (QED) is 0.179. The molecule has 0 saturated heterocycles. The zero-order valence-electron chi connectivity index (χ0n) is 27.8. The first-order chi connectivity index (χ1) is 25.1. The third kappa shape index (κ3) is 5.65. The summed E-state index contributed by atoms with van der Waals surface area (Å²) in [5, 5.41) is 2.33. The van der Waals surface area contributed by atoms with E-state index in [1.54, 1.807) is 12.1 Å². The van der Waals surface area contributed by atoms with Crippen molar-refractivity contribution in [2.75, 3.05) is 0 Å². The third-order valence-electron chi connectivity index (χ3n) is 9.40. The van der Waals surface area contributed by atoms with Gasteiger partial charge in [0.25, 0.3) is 0 Å². The molecule has 2 aromatic heterocycles. The first kappa shape index (κ1) is 30.3. The van der Waals surface area contributed by atoms with Gasteiger partial charge < -0.3 is 4.57 Å². The van der Waals surface area contributed by atoms with E-state index in [9.17, 15) is 4.39 Å². The van der Waals surface area contributed by atoms with Gasteiger partial charge in [-0.1, -0.05) is 139 Å². The highest BCUT2D eigenvalue weighted by atomic mass is 19.1. The Morgan fingerprint density at radius 2 is 1.02 bits per heavy atom. The lowest BCUT2D eigenvalue weighted by atomic mass is 9.98. The lowest BCUT2D eigenvalue weighted by Gasteiger charge is -2.16. The summed E-state index contributed by atoms with van der Waals surface area (Å²) in [6, 6.07) is 56.7. The van der Waals surface area contributed by atoms with Crippen LogP contribution < -0.4 is 0 Å². The summed E-state index contributed by atoms with van der Waals surface area (Å²) in [5.74, 6) is 1.33. The summed E-state index contributed by atoms with van der Waals surface area (Å²) in [4.78, 5) is 15.1. The van der Waals surface area contributed by atoms with Crippen LogP contribution >= 0.6 is 0 Å². The first-order valence-corrected chi connectivity index (χ1v) is 17.0. The summed E-state index contributed by atoms with van der Waals surface area (Å²) in [5.41, 5.74) is 10.7. The Kier molecular flexibility index (Phi) is 7.51. The van der Waals surface area contributed by atoms with Gasteiger partial charge >= 0.3 is 0 Å². The first-order valence-electron chi connectivity index (χ1n) is 17.0. The van der Waals surface area contributed by atoms with Crippen LogP contribution in [0.1, 0.15) is 5.56 Å². The number of para-hydroxylation sites is 1. The Bertz CT molecular complexity index is 2640. The number of aryl methyl sites for hydroxylation is 1. The second-order valence-electron chi connectivity index (χ2n) is 12.7. The van der Waals surface area contributed by atoms with Gasteiger partial charge in [0, 0.05) is 33.2 Å². The largest absolute Gasteiger partial charge is 0.309 e. The molecule has 0 aliphatic carbocycles. The number of nitrogens with zero attached hydrogens (tertiary/aromatic N) is 4. The molecular weight excluding hydrogens is 628 g/mol. The molecule has 9 rings (SSSR count). The molecule has 0 atom stereocenters. The summed E-state index contributed by atoms with van der Waals surface area (Å²) < 4.78 is 17.1. The Hall–Kier alpha value is -6.72.